The second-order valence-electron chi connectivity index (χ2n) is 24.7. The summed E-state index contributed by atoms with van der Waals surface area (Å²) in [6.45, 7) is 18.3. The molecule has 38 nitrogen and oxygen atoms in total. The van der Waals surface area contributed by atoms with E-state index in [9.17, 15) is 81.5 Å². The number of unbranched alkanes of at least 4 members (excludes halogenated alkanes) is 4. The number of rotatable bonds is 48. The predicted molar refractivity (Wildman–Crippen MR) is 365 cm³/mol. The molecular weight excluding hydrogens is 1310 g/mol. The molecule has 38 heteroatoms. The number of primary amides is 1. The number of carbonyl (C=O) groups is 17. The number of hydrogen-bond donors (Lipinski definition) is 21. The number of nitrogens with one attached hydrogen (secondary N) is 16. The van der Waals surface area contributed by atoms with Crippen molar-refractivity contribution in [3.05, 3.63) is 0 Å². The van der Waals surface area contributed by atoms with Gasteiger partial charge in [-0.05, 0) is 186 Å². The molecule has 0 saturated heterocycles. The van der Waals surface area contributed by atoms with Crippen LogP contribution in [0.3, 0.4) is 0 Å². The average Bonchev–Trinajstić information content (AvgIpc) is 0.894. The van der Waals surface area contributed by atoms with E-state index >= 15 is 0 Å². The zero-order valence-electron chi connectivity index (χ0n) is 59.9. The highest BCUT2D eigenvalue weighted by Gasteiger charge is 2.34. The van der Waals surface area contributed by atoms with E-state index in [0.29, 0.717) is 64.5 Å². The molecule has 0 aromatic carbocycles. The minimum Gasteiger partial charge on any atom is -0.368 e. The van der Waals surface area contributed by atoms with Crippen LogP contribution in [0.1, 0.15) is 167 Å². The summed E-state index contributed by atoms with van der Waals surface area (Å²) in [5, 5.41) is 39.6. The summed E-state index contributed by atoms with van der Waals surface area (Å²) in [6.07, 6.45) is 3.80. The topological polar surface area (TPSA) is 613 Å². The van der Waals surface area contributed by atoms with E-state index in [4.69, 9.17) is 28.7 Å². The lowest BCUT2D eigenvalue weighted by Crippen LogP contribution is -2.59. The zero-order chi connectivity index (χ0) is 76.7. The highest BCUT2D eigenvalue weighted by Crippen LogP contribution is 2.08. The molecule has 0 heterocycles. The van der Waals surface area contributed by atoms with Crippen molar-refractivity contribution >= 4 is 100 Å². The summed E-state index contributed by atoms with van der Waals surface area (Å²) in [6, 6.07) is -19.5. The molecule has 0 saturated carbocycles. The summed E-state index contributed by atoms with van der Waals surface area (Å²) in [5.74, 6) is -13.1. The molecule has 0 bridgehead atoms. The quantitative estimate of drug-likeness (QED) is 0.0252. The largest absolute Gasteiger partial charge is 0.368 e. The van der Waals surface area contributed by atoms with E-state index in [2.05, 4.69) is 85.1 Å². The van der Waals surface area contributed by atoms with Gasteiger partial charge in [-0.15, -0.1) is 0 Å². The van der Waals surface area contributed by atoms with E-state index in [1.165, 1.54) is 90.0 Å². The summed E-state index contributed by atoms with van der Waals surface area (Å²) in [4.78, 5) is 222. The van der Waals surface area contributed by atoms with Gasteiger partial charge in [0.1, 0.15) is 96.7 Å². The highest BCUT2D eigenvalue weighted by molar-refractivity contribution is 6.00. The Morgan fingerprint density at radius 3 is 0.500 bits per heavy atom. The lowest BCUT2D eigenvalue weighted by atomic mass is 10.1. The molecule has 16 atom stereocenters. The van der Waals surface area contributed by atoms with Crippen LogP contribution in [0.4, 0.5) is 0 Å². The Kier molecular flexibility index (Phi) is 43.4. The molecule has 26 N–H and O–H groups in total. The van der Waals surface area contributed by atoms with E-state index in [1.54, 1.807) is 0 Å². The first-order valence-corrected chi connectivity index (χ1v) is 33.7. The lowest BCUT2D eigenvalue weighted by molar-refractivity contribution is -0.135. The van der Waals surface area contributed by atoms with Crippen LogP contribution in [0.15, 0.2) is 0 Å². The van der Waals surface area contributed by atoms with Gasteiger partial charge in [-0.1, -0.05) is 0 Å². The summed E-state index contributed by atoms with van der Waals surface area (Å²) in [7, 11) is 0. The van der Waals surface area contributed by atoms with Crippen LogP contribution in [0.25, 0.3) is 0 Å². The van der Waals surface area contributed by atoms with Crippen LogP contribution in [0.2, 0.25) is 0 Å². The molecule has 0 rings (SSSR count). The average molecular weight is 1420 g/mol. The van der Waals surface area contributed by atoms with E-state index in [0.717, 1.165) is 0 Å². The number of carbonyl (C=O) groups excluding carboxylic acids is 17. The van der Waals surface area contributed by atoms with Crippen molar-refractivity contribution < 1.29 is 81.5 Å². The Balaban J connectivity index is 5.71. The Morgan fingerprint density at radius 2 is 0.350 bits per heavy atom. The molecule has 568 valence electrons. The monoisotopic (exact) mass is 1420 g/mol. The second-order valence-corrected chi connectivity index (χ2v) is 24.7. The predicted octanol–water partition coefficient (Wildman–Crippen LogP) is -8.00. The van der Waals surface area contributed by atoms with Crippen LogP contribution in [0, 0.1) is 0 Å². The second kappa shape index (κ2) is 47.8. The molecule has 0 radical (unpaired) electrons. The molecule has 17 amide bonds. The maximum atomic E-state index is 13.7. The lowest BCUT2D eigenvalue weighted by Gasteiger charge is -2.25. The molecule has 0 unspecified atom stereocenters. The van der Waals surface area contributed by atoms with E-state index in [-0.39, 0.29) is 38.8 Å². The van der Waals surface area contributed by atoms with E-state index < -0.39 is 197 Å². The molecule has 0 fully saturated rings. The maximum Gasteiger partial charge on any atom is 0.243 e. The van der Waals surface area contributed by atoms with Gasteiger partial charge in [0.15, 0.2) is 0 Å². The zero-order valence-corrected chi connectivity index (χ0v) is 59.9. The van der Waals surface area contributed by atoms with Gasteiger partial charge < -0.3 is 114 Å². The van der Waals surface area contributed by atoms with E-state index in [1.807, 2.05) is 0 Å². The molecule has 0 aliphatic rings. The normalized spacial score (nSPS) is 15.8. The van der Waals surface area contributed by atoms with Gasteiger partial charge in [0, 0.05) is 6.92 Å². The fourth-order valence-electron chi connectivity index (χ4n) is 8.96. The first-order valence-electron chi connectivity index (χ1n) is 33.7. The van der Waals surface area contributed by atoms with Gasteiger partial charge in [0.05, 0.1) is 0 Å². The van der Waals surface area contributed by atoms with Gasteiger partial charge in [-0.25, -0.2) is 0 Å². The van der Waals surface area contributed by atoms with Crippen LogP contribution < -0.4 is 114 Å². The van der Waals surface area contributed by atoms with Crippen molar-refractivity contribution in [2.75, 3.05) is 26.2 Å². The minimum absolute atomic E-state index is 0.0327. The first kappa shape index (κ1) is 90.8. The Bertz CT molecular complexity index is 2800. The third-order valence-electron chi connectivity index (χ3n) is 15.4. The van der Waals surface area contributed by atoms with Gasteiger partial charge >= 0.3 is 0 Å². The molecular formula is C62H113N21O17. The van der Waals surface area contributed by atoms with Crippen LogP contribution in [-0.2, 0) is 81.5 Å². The molecule has 0 aliphatic heterocycles. The SMILES string of the molecule is CC(=O)N[C@@H](C)C(=O)N[C@@H](C)C(=O)N[C@@H](CCCCN)C(=O)N[C@@H](C)C(=O)N[C@@H](C)C(=O)N[C@@H](C)C(=O)N[C@@H](CCCCN)C(=O)N[C@@H](C)C(=O)N[C@@H](C)C(=O)N[C@@H](C)C(=O)N[C@@H](CCCCN)C(=O)N[C@@H](C)C(=O)N[C@@H](C)C(=O)N[C@@H](C)C(=O)N[C@@H](CCCCN)C(=O)N[C@@H](C)C(N)=O. The molecule has 0 aliphatic carbocycles. The molecule has 0 spiro atoms. The number of nitrogens with two attached hydrogens (primary N) is 5. The highest BCUT2D eigenvalue weighted by atomic mass is 16.2. The molecule has 100 heavy (non-hydrogen) atoms. The summed E-state index contributed by atoms with van der Waals surface area (Å²) < 4.78 is 0. The van der Waals surface area contributed by atoms with Crippen molar-refractivity contribution in [2.45, 2.75) is 264 Å². The third kappa shape index (κ3) is 35.6. The Labute approximate surface area is 583 Å². The van der Waals surface area contributed by atoms with Crippen molar-refractivity contribution in [3.63, 3.8) is 0 Å². The first-order chi connectivity index (χ1) is 46.8. The fourth-order valence-corrected chi connectivity index (χ4v) is 8.96. The van der Waals surface area contributed by atoms with Gasteiger partial charge in [0.2, 0.25) is 100 Å². The van der Waals surface area contributed by atoms with Crippen LogP contribution >= 0.6 is 0 Å². The van der Waals surface area contributed by atoms with Gasteiger partial charge in [0.25, 0.3) is 0 Å². The molecule has 0 aromatic rings. The standard InChI is InChI=1S/C62H113N21O17/c1-30(47(67)85)69-59(97)43(22-14-18-26-63)80-56(94)39(10)74-49(87)32(3)70-53(91)36(7)78-61(99)45(24-16-20-28-65)82-58(96)41(12)76-51(89)34(5)72-54(92)37(8)79-62(100)46(25-17-21-29-66)83-57(95)40(11)75-50(88)33(4)71-52(90)35(6)77-60(98)44(23-15-19-27-64)81-55(93)38(9)73-48(86)31(2)68-42(13)84/h30-41,43-46H,14-29,63-66H2,1-13H3,(H2,67,85)(H,68,84)(H,69,97)(H,70,91)(H,71,90)(H,72,92)(H,73,86)(H,74,87)(H,75,88)(H,76,89)(H,77,98)(H,78,99)(H,79,100)(H,80,94)(H,81,93)(H,82,96)(H,83,95)/t30-,31-,32-,33-,34-,35-,36-,37-,38-,39-,40-,41-,43-,44-,45-,46-/m0/s1. The van der Waals surface area contributed by atoms with Crippen LogP contribution in [-0.4, -0.2) is 223 Å². The van der Waals surface area contributed by atoms with Crippen molar-refractivity contribution in [1.29, 1.82) is 0 Å². The van der Waals surface area contributed by atoms with Gasteiger partial charge in [-0.2, -0.15) is 0 Å². The maximum absolute atomic E-state index is 13.7. The van der Waals surface area contributed by atoms with Crippen molar-refractivity contribution in [3.8, 4) is 0 Å². The van der Waals surface area contributed by atoms with Crippen LogP contribution in [0.5, 0.6) is 0 Å². The smallest absolute Gasteiger partial charge is 0.243 e. The Morgan fingerprint density at radius 1 is 0.210 bits per heavy atom. The van der Waals surface area contributed by atoms with Crippen molar-refractivity contribution in [1.82, 2.24) is 85.1 Å². The summed E-state index contributed by atoms with van der Waals surface area (Å²) in [5.41, 5.74) is 27.8. The number of amides is 17. The Hall–Kier alpha value is -9.17. The van der Waals surface area contributed by atoms with Gasteiger partial charge in [-0.3, -0.25) is 81.5 Å². The number of hydrogen-bond acceptors (Lipinski definition) is 21. The minimum atomic E-state index is -1.32. The van der Waals surface area contributed by atoms with Crippen molar-refractivity contribution in [2.24, 2.45) is 28.7 Å². The molecule has 0 aromatic heterocycles. The summed E-state index contributed by atoms with van der Waals surface area (Å²) >= 11 is 0. The third-order valence-corrected chi connectivity index (χ3v) is 15.4. The fraction of sp³-hybridized carbons (Fsp3) is 0.726.